The highest BCUT2D eigenvalue weighted by molar-refractivity contribution is 5.94. The zero-order valence-corrected chi connectivity index (χ0v) is 13.0. The van der Waals surface area contributed by atoms with Gasteiger partial charge in [-0.1, -0.05) is 13.8 Å². The lowest BCUT2D eigenvalue weighted by Gasteiger charge is -2.33. The van der Waals surface area contributed by atoms with Gasteiger partial charge in [-0.25, -0.2) is 4.98 Å². The molecule has 0 radical (unpaired) electrons. The quantitative estimate of drug-likeness (QED) is 0.856. The van der Waals surface area contributed by atoms with Gasteiger partial charge in [-0.2, -0.15) is 0 Å². The van der Waals surface area contributed by atoms with E-state index in [4.69, 9.17) is 5.73 Å². The Kier molecular flexibility index (Phi) is 5.14. The van der Waals surface area contributed by atoms with Crippen molar-refractivity contribution in [3.8, 4) is 0 Å². The van der Waals surface area contributed by atoms with Crippen LogP contribution in [0.15, 0.2) is 18.3 Å². The summed E-state index contributed by atoms with van der Waals surface area (Å²) in [4.78, 5) is 20.8. The summed E-state index contributed by atoms with van der Waals surface area (Å²) in [5.41, 5.74) is 6.91. The summed E-state index contributed by atoms with van der Waals surface area (Å²) in [7, 11) is 2.13. The van der Waals surface area contributed by atoms with Crippen LogP contribution in [0.3, 0.4) is 0 Å². The monoisotopic (exact) mass is 291 g/mol. The molecule has 0 aromatic carbocycles. The molecule has 0 bridgehead atoms. The number of hydrogen-bond donors (Lipinski definition) is 2. The van der Waals surface area contributed by atoms with E-state index in [1.54, 1.807) is 0 Å². The predicted octanol–water partition coefficient (Wildman–Crippen LogP) is 0.755. The van der Waals surface area contributed by atoms with Gasteiger partial charge in [0.05, 0.1) is 17.9 Å². The standard InChI is InChI=1S/C15H25N5O/c1-11(2)14(16)15(21)18-13-5-4-12(10-17-13)20-8-6-19(3)7-9-20/h4-5,10-11,14H,6-9,16H2,1-3H3,(H,17,18,21)/t14-/m0/s1. The minimum absolute atomic E-state index is 0.106. The fraction of sp³-hybridized carbons (Fsp3) is 0.600. The first-order valence-electron chi connectivity index (χ1n) is 7.43. The summed E-state index contributed by atoms with van der Waals surface area (Å²) in [6, 6.07) is 3.32. The lowest BCUT2D eigenvalue weighted by atomic mass is 10.1. The molecule has 1 fully saturated rings. The summed E-state index contributed by atoms with van der Waals surface area (Å²) in [5, 5.41) is 2.76. The smallest absolute Gasteiger partial charge is 0.242 e. The minimum atomic E-state index is -0.510. The molecular formula is C15H25N5O. The van der Waals surface area contributed by atoms with Crippen molar-refractivity contribution in [2.45, 2.75) is 19.9 Å². The van der Waals surface area contributed by atoms with Gasteiger partial charge < -0.3 is 20.9 Å². The number of amides is 1. The highest BCUT2D eigenvalue weighted by atomic mass is 16.2. The number of carbonyl (C=O) groups is 1. The van der Waals surface area contributed by atoms with Crippen molar-refractivity contribution < 1.29 is 4.79 Å². The van der Waals surface area contributed by atoms with Gasteiger partial charge in [-0.3, -0.25) is 4.79 Å². The first-order chi connectivity index (χ1) is 9.97. The van der Waals surface area contributed by atoms with Gasteiger partial charge >= 0.3 is 0 Å². The van der Waals surface area contributed by atoms with Crippen molar-refractivity contribution in [1.82, 2.24) is 9.88 Å². The van der Waals surface area contributed by atoms with Gasteiger partial charge in [-0.05, 0) is 25.1 Å². The number of likely N-dealkylation sites (N-methyl/N-ethyl adjacent to an activating group) is 1. The number of piperazine rings is 1. The molecule has 6 nitrogen and oxygen atoms in total. The Morgan fingerprint density at radius 3 is 2.48 bits per heavy atom. The molecule has 116 valence electrons. The molecule has 1 aliphatic heterocycles. The predicted molar refractivity (Wildman–Crippen MR) is 85.4 cm³/mol. The fourth-order valence-corrected chi connectivity index (χ4v) is 2.22. The molecule has 0 unspecified atom stereocenters. The second-order valence-corrected chi connectivity index (χ2v) is 5.95. The van der Waals surface area contributed by atoms with E-state index in [0.29, 0.717) is 5.82 Å². The molecule has 6 heteroatoms. The molecule has 1 aliphatic rings. The van der Waals surface area contributed by atoms with Crippen LogP contribution in [0.5, 0.6) is 0 Å². The summed E-state index contributed by atoms with van der Waals surface area (Å²) in [5.74, 6) is 0.466. The molecular weight excluding hydrogens is 266 g/mol. The SMILES string of the molecule is CC(C)[C@H](N)C(=O)Nc1ccc(N2CCN(C)CC2)cn1. The van der Waals surface area contributed by atoms with E-state index in [2.05, 4.69) is 27.1 Å². The first kappa shape index (κ1) is 15.7. The van der Waals surface area contributed by atoms with Crippen molar-refractivity contribution in [1.29, 1.82) is 0 Å². The highest BCUT2D eigenvalue weighted by Gasteiger charge is 2.18. The largest absolute Gasteiger partial charge is 0.368 e. The summed E-state index contributed by atoms with van der Waals surface area (Å²) in [6.45, 7) is 7.97. The van der Waals surface area contributed by atoms with Gasteiger partial charge in [-0.15, -0.1) is 0 Å². The average Bonchev–Trinajstić information content (AvgIpc) is 2.48. The molecule has 2 rings (SSSR count). The Balaban J connectivity index is 1.94. The van der Waals surface area contributed by atoms with Crippen molar-refractivity contribution in [3.05, 3.63) is 18.3 Å². The van der Waals surface area contributed by atoms with Crippen LogP contribution < -0.4 is 16.0 Å². The lowest BCUT2D eigenvalue weighted by molar-refractivity contribution is -0.118. The maximum absolute atomic E-state index is 11.9. The Morgan fingerprint density at radius 2 is 1.95 bits per heavy atom. The zero-order valence-electron chi connectivity index (χ0n) is 13.0. The van der Waals surface area contributed by atoms with E-state index in [9.17, 15) is 4.79 Å². The number of rotatable bonds is 4. The molecule has 3 N–H and O–H groups in total. The van der Waals surface area contributed by atoms with E-state index in [-0.39, 0.29) is 11.8 Å². The maximum atomic E-state index is 11.9. The van der Waals surface area contributed by atoms with Crippen molar-refractivity contribution in [3.63, 3.8) is 0 Å². The number of anilines is 2. The zero-order chi connectivity index (χ0) is 15.4. The van der Waals surface area contributed by atoms with Crippen molar-refractivity contribution in [2.24, 2.45) is 11.7 Å². The number of carbonyl (C=O) groups excluding carboxylic acids is 1. The van der Waals surface area contributed by atoms with Crippen LogP contribution in [0, 0.1) is 5.92 Å². The highest BCUT2D eigenvalue weighted by Crippen LogP contribution is 2.17. The molecule has 0 saturated carbocycles. The van der Waals surface area contributed by atoms with Crippen LogP contribution in [0.25, 0.3) is 0 Å². The van der Waals surface area contributed by atoms with Gasteiger partial charge in [0.1, 0.15) is 5.82 Å². The molecule has 1 aromatic heterocycles. The van der Waals surface area contributed by atoms with Crippen LogP contribution >= 0.6 is 0 Å². The van der Waals surface area contributed by atoms with Crippen LogP contribution in [0.1, 0.15) is 13.8 Å². The van der Waals surface area contributed by atoms with E-state index in [0.717, 1.165) is 31.9 Å². The van der Waals surface area contributed by atoms with E-state index in [1.807, 2.05) is 32.2 Å². The molecule has 1 saturated heterocycles. The van der Waals surface area contributed by atoms with Crippen molar-refractivity contribution >= 4 is 17.4 Å². The van der Waals surface area contributed by atoms with Gasteiger partial charge in [0.2, 0.25) is 5.91 Å². The second kappa shape index (κ2) is 6.87. The lowest BCUT2D eigenvalue weighted by Crippen LogP contribution is -2.44. The molecule has 0 spiro atoms. The summed E-state index contributed by atoms with van der Waals surface area (Å²) < 4.78 is 0. The Hall–Kier alpha value is -1.66. The van der Waals surface area contributed by atoms with E-state index in [1.165, 1.54) is 0 Å². The van der Waals surface area contributed by atoms with Crippen LogP contribution in [-0.2, 0) is 4.79 Å². The third-order valence-electron chi connectivity index (χ3n) is 3.89. The van der Waals surface area contributed by atoms with Crippen molar-refractivity contribution in [2.75, 3.05) is 43.4 Å². The Morgan fingerprint density at radius 1 is 1.29 bits per heavy atom. The fourth-order valence-electron chi connectivity index (χ4n) is 2.22. The molecule has 21 heavy (non-hydrogen) atoms. The van der Waals surface area contributed by atoms with E-state index < -0.39 is 6.04 Å². The number of nitrogens with zero attached hydrogens (tertiary/aromatic N) is 3. The third kappa shape index (κ3) is 4.15. The molecule has 0 aliphatic carbocycles. The van der Waals surface area contributed by atoms with Gasteiger partial charge in [0, 0.05) is 26.2 Å². The Bertz CT molecular complexity index is 465. The van der Waals surface area contributed by atoms with Crippen LogP contribution in [-0.4, -0.2) is 55.1 Å². The molecule has 1 atom stereocenters. The topological polar surface area (TPSA) is 74.5 Å². The molecule has 1 aromatic rings. The Labute approximate surface area is 126 Å². The molecule has 2 heterocycles. The summed E-state index contributed by atoms with van der Waals surface area (Å²) in [6.07, 6.45) is 1.81. The maximum Gasteiger partial charge on any atom is 0.242 e. The number of nitrogens with two attached hydrogens (primary N) is 1. The van der Waals surface area contributed by atoms with Gasteiger partial charge in [0.15, 0.2) is 0 Å². The average molecular weight is 291 g/mol. The number of hydrogen-bond acceptors (Lipinski definition) is 5. The second-order valence-electron chi connectivity index (χ2n) is 5.95. The van der Waals surface area contributed by atoms with E-state index >= 15 is 0 Å². The minimum Gasteiger partial charge on any atom is -0.368 e. The van der Waals surface area contributed by atoms with Crippen LogP contribution in [0.2, 0.25) is 0 Å². The van der Waals surface area contributed by atoms with Gasteiger partial charge in [0.25, 0.3) is 0 Å². The third-order valence-corrected chi connectivity index (χ3v) is 3.89. The molecule has 1 amide bonds. The number of pyridine rings is 1. The number of nitrogens with one attached hydrogen (secondary N) is 1. The van der Waals surface area contributed by atoms with Crippen LogP contribution in [0.4, 0.5) is 11.5 Å². The number of aromatic nitrogens is 1. The first-order valence-corrected chi connectivity index (χ1v) is 7.43. The normalized spacial score (nSPS) is 17.9. The summed E-state index contributed by atoms with van der Waals surface area (Å²) >= 11 is 0.